The predicted molar refractivity (Wildman–Crippen MR) is 142 cm³/mol. The molecule has 1 aromatic heterocycles. The molecule has 1 atom stereocenters. The molecular formula is C27H33Cl2N3O3. The SMILES string of the molecule is CCCCN(CC(=O)N(CCc1c[nH]c2ccccc12)Cc1ccc(Cl)c(Cl)c1)[C@@H](C)C(=O)OC. The van der Waals surface area contributed by atoms with Crippen LogP contribution in [-0.2, 0) is 27.3 Å². The first-order valence-electron chi connectivity index (χ1n) is 11.9. The highest BCUT2D eigenvalue weighted by molar-refractivity contribution is 6.42. The molecule has 2 aromatic carbocycles. The summed E-state index contributed by atoms with van der Waals surface area (Å²) in [6.07, 6.45) is 4.54. The summed E-state index contributed by atoms with van der Waals surface area (Å²) in [5.41, 5.74) is 3.12. The first kappa shape index (κ1) is 27.1. The van der Waals surface area contributed by atoms with Gasteiger partial charge in [-0.1, -0.05) is 60.8 Å². The first-order chi connectivity index (χ1) is 16.8. The normalized spacial score (nSPS) is 12.2. The highest BCUT2D eigenvalue weighted by Gasteiger charge is 2.26. The quantitative estimate of drug-likeness (QED) is 0.312. The number of amides is 1. The molecule has 6 nitrogen and oxygen atoms in total. The molecule has 0 fully saturated rings. The van der Waals surface area contributed by atoms with E-state index in [-0.39, 0.29) is 18.4 Å². The van der Waals surface area contributed by atoms with Crippen molar-refractivity contribution in [3.63, 3.8) is 0 Å². The van der Waals surface area contributed by atoms with Gasteiger partial charge in [0.25, 0.3) is 0 Å². The number of para-hydroxylation sites is 1. The van der Waals surface area contributed by atoms with Crippen LogP contribution >= 0.6 is 23.2 Å². The van der Waals surface area contributed by atoms with E-state index in [1.54, 1.807) is 19.1 Å². The van der Waals surface area contributed by atoms with E-state index < -0.39 is 6.04 Å². The summed E-state index contributed by atoms with van der Waals surface area (Å²) in [5.74, 6) is -0.397. The Labute approximate surface area is 217 Å². The van der Waals surface area contributed by atoms with Gasteiger partial charge in [0.1, 0.15) is 6.04 Å². The summed E-state index contributed by atoms with van der Waals surface area (Å²) in [4.78, 5) is 32.8. The number of esters is 1. The van der Waals surface area contributed by atoms with Crippen LogP contribution in [0, 0.1) is 0 Å². The molecule has 1 N–H and O–H groups in total. The van der Waals surface area contributed by atoms with Crippen LogP contribution in [0.4, 0.5) is 0 Å². The van der Waals surface area contributed by atoms with Gasteiger partial charge in [-0.05, 0) is 55.6 Å². The van der Waals surface area contributed by atoms with Crippen LogP contribution in [-0.4, -0.2) is 59.4 Å². The van der Waals surface area contributed by atoms with Gasteiger partial charge in [-0.3, -0.25) is 14.5 Å². The van der Waals surface area contributed by atoms with Crippen molar-refractivity contribution in [2.24, 2.45) is 0 Å². The molecule has 35 heavy (non-hydrogen) atoms. The van der Waals surface area contributed by atoms with E-state index in [1.165, 1.54) is 7.11 Å². The molecule has 0 aliphatic carbocycles. The lowest BCUT2D eigenvalue weighted by Gasteiger charge is -2.30. The molecule has 0 aliphatic rings. The number of benzene rings is 2. The smallest absolute Gasteiger partial charge is 0.322 e. The first-order valence-corrected chi connectivity index (χ1v) is 12.7. The summed E-state index contributed by atoms with van der Waals surface area (Å²) in [5, 5.41) is 2.08. The molecule has 0 aliphatic heterocycles. The summed E-state index contributed by atoms with van der Waals surface area (Å²) in [6, 6.07) is 13.0. The second kappa shape index (κ2) is 13.0. The maximum atomic E-state index is 13.6. The van der Waals surface area contributed by atoms with E-state index in [9.17, 15) is 9.59 Å². The van der Waals surface area contributed by atoms with E-state index in [1.807, 2.05) is 40.3 Å². The van der Waals surface area contributed by atoms with Gasteiger partial charge in [0.2, 0.25) is 5.91 Å². The Morgan fingerprint density at radius 3 is 2.57 bits per heavy atom. The highest BCUT2D eigenvalue weighted by Crippen LogP contribution is 2.24. The Morgan fingerprint density at radius 2 is 1.86 bits per heavy atom. The van der Waals surface area contributed by atoms with Crippen molar-refractivity contribution in [3.8, 4) is 0 Å². The molecule has 188 valence electrons. The zero-order valence-electron chi connectivity index (χ0n) is 20.5. The number of ether oxygens (including phenoxy) is 1. The van der Waals surface area contributed by atoms with E-state index in [0.717, 1.165) is 34.9 Å². The lowest BCUT2D eigenvalue weighted by atomic mass is 10.1. The number of aromatic nitrogens is 1. The van der Waals surface area contributed by atoms with E-state index in [4.69, 9.17) is 27.9 Å². The fourth-order valence-corrected chi connectivity index (χ4v) is 4.43. The topological polar surface area (TPSA) is 65.6 Å². The number of H-pyrrole nitrogens is 1. The average molecular weight is 518 g/mol. The van der Waals surface area contributed by atoms with E-state index >= 15 is 0 Å². The van der Waals surface area contributed by atoms with Crippen molar-refractivity contribution >= 4 is 46.0 Å². The number of halogens is 2. The van der Waals surface area contributed by atoms with Crippen molar-refractivity contribution in [2.75, 3.05) is 26.7 Å². The minimum Gasteiger partial charge on any atom is -0.468 e. The molecular weight excluding hydrogens is 485 g/mol. The average Bonchev–Trinajstić information content (AvgIpc) is 3.28. The second-order valence-electron chi connectivity index (χ2n) is 8.70. The van der Waals surface area contributed by atoms with Gasteiger partial charge in [0, 0.05) is 30.2 Å². The largest absolute Gasteiger partial charge is 0.468 e. The maximum absolute atomic E-state index is 13.6. The standard InChI is InChI=1S/C27H33Cl2N3O3/c1-4-5-13-31(19(2)27(34)35-3)18-26(33)32(17-20-10-11-23(28)24(29)15-20)14-12-21-16-30-25-9-7-6-8-22(21)25/h6-11,15-16,19,30H,4-5,12-14,17-18H2,1-3H3/t19-/m0/s1. The zero-order chi connectivity index (χ0) is 25.4. The van der Waals surface area contributed by atoms with Gasteiger partial charge in [0.05, 0.1) is 23.7 Å². The molecule has 3 rings (SSSR count). The molecule has 3 aromatic rings. The molecule has 1 heterocycles. The lowest BCUT2D eigenvalue weighted by Crippen LogP contribution is -2.47. The number of methoxy groups -OCH3 is 1. The zero-order valence-corrected chi connectivity index (χ0v) is 22.0. The van der Waals surface area contributed by atoms with Crippen molar-refractivity contribution in [2.45, 2.75) is 45.7 Å². The molecule has 8 heteroatoms. The van der Waals surface area contributed by atoms with Crippen LogP contribution in [0.5, 0.6) is 0 Å². The molecule has 0 radical (unpaired) electrons. The Balaban J connectivity index is 1.81. The Kier molecular flexibility index (Phi) is 10.0. The fourth-order valence-electron chi connectivity index (χ4n) is 4.11. The third kappa shape index (κ3) is 7.23. The number of aromatic amines is 1. The van der Waals surface area contributed by atoms with Gasteiger partial charge in [-0.25, -0.2) is 0 Å². The molecule has 0 saturated carbocycles. The number of unbranched alkanes of at least 4 members (excludes halogenated alkanes) is 1. The number of carbonyl (C=O) groups excluding carboxylic acids is 2. The van der Waals surface area contributed by atoms with Gasteiger partial charge in [-0.2, -0.15) is 0 Å². The van der Waals surface area contributed by atoms with Gasteiger partial charge in [-0.15, -0.1) is 0 Å². The van der Waals surface area contributed by atoms with Crippen LogP contribution in [0.25, 0.3) is 10.9 Å². The number of hydrogen-bond acceptors (Lipinski definition) is 4. The summed E-state index contributed by atoms with van der Waals surface area (Å²) in [6.45, 7) is 5.55. The number of hydrogen-bond donors (Lipinski definition) is 1. The van der Waals surface area contributed by atoms with Gasteiger partial charge < -0.3 is 14.6 Å². The Morgan fingerprint density at radius 1 is 1.09 bits per heavy atom. The number of carbonyl (C=O) groups is 2. The third-order valence-electron chi connectivity index (χ3n) is 6.26. The van der Waals surface area contributed by atoms with E-state index in [2.05, 4.69) is 18.0 Å². The maximum Gasteiger partial charge on any atom is 0.322 e. The van der Waals surface area contributed by atoms with Crippen LogP contribution in [0.1, 0.15) is 37.8 Å². The second-order valence-corrected chi connectivity index (χ2v) is 9.51. The molecule has 0 unspecified atom stereocenters. The van der Waals surface area contributed by atoms with Crippen molar-refractivity contribution in [1.82, 2.24) is 14.8 Å². The fraction of sp³-hybridized carbons (Fsp3) is 0.407. The van der Waals surface area contributed by atoms with Crippen molar-refractivity contribution in [3.05, 3.63) is 69.8 Å². The van der Waals surface area contributed by atoms with Gasteiger partial charge in [0.15, 0.2) is 0 Å². The predicted octanol–water partition coefficient (Wildman–Crippen LogP) is 5.71. The third-order valence-corrected chi connectivity index (χ3v) is 7.00. The summed E-state index contributed by atoms with van der Waals surface area (Å²) in [7, 11) is 1.37. The van der Waals surface area contributed by atoms with Crippen molar-refractivity contribution in [1.29, 1.82) is 0 Å². The van der Waals surface area contributed by atoms with E-state index in [0.29, 0.717) is 36.1 Å². The lowest BCUT2D eigenvalue weighted by molar-refractivity contribution is -0.147. The number of fused-ring (bicyclic) bond motifs is 1. The number of nitrogens with zero attached hydrogens (tertiary/aromatic N) is 2. The molecule has 1 amide bonds. The van der Waals surface area contributed by atoms with Crippen molar-refractivity contribution < 1.29 is 14.3 Å². The summed E-state index contributed by atoms with van der Waals surface area (Å²) < 4.78 is 4.94. The van der Waals surface area contributed by atoms with Crippen LogP contribution in [0.2, 0.25) is 10.0 Å². The highest BCUT2D eigenvalue weighted by atomic mass is 35.5. The molecule has 0 bridgehead atoms. The number of nitrogens with one attached hydrogen (secondary N) is 1. The Bertz CT molecular complexity index is 1150. The minimum absolute atomic E-state index is 0.0530. The van der Waals surface area contributed by atoms with Gasteiger partial charge >= 0.3 is 5.97 Å². The summed E-state index contributed by atoms with van der Waals surface area (Å²) >= 11 is 12.3. The van der Waals surface area contributed by atoms with Crippen LogP contribution < -0.4 is 0 Å². The monoisotopic (exact) mass is 517 g/mol. The van der Waals surface area contributed by atoms with Crippen LogP contribution in [0.15, 0.2) is 48.7 Å². The molecule has 0 spiro atoms. The number of rotatable bonds is 12. The Hall–Kier alpha value is -2.54. The minimum atomic E-state index is -0.504. The van der Waals surface area contributed by atoms with Crippen LogP contribution in [0.3, 0.4) is 0 Å². The molecule has 0 saturated heterocycles.